The standard InChI is InChI=1S/C22H23ClN2O3/c1-15-12-19(27-18-6-4-17(23)5-7-18)8-9-20(15)22(26-13-16(2)28-22)14-21(3)24-10-11-25-21/h4-12,16H,13-14H2,1-3H3. The van der Waals surface area contributed by atoms with Crippen molar-refractivity contribution in [2.24, 2.45) is 9.98 Å². The number of hydrogen-bond acceptors (Lipinski definition) is 5. The Morgan fingerprint density at radius 2 is 1.79 bits per heavy atom. The van der Waals surface area contributed by atoms with Crippen LogP contribution in [0.5, 0.6) is 11.5 Å². The van der Waals surface area contributed by atoms with Gasteiger partial charge in [0.15, 0.2) is 11.4 Å². The Labute approximate surface area is 170 Å². The molecule has 2 aromatic rings. The molecule has 0 aromatic heterocycles. The minimum Gasteiger partial charge on any atom is -0.457 e. The lowest BCUT2D eigenvalue weighted by molar-refractivity contribution is -0.188. The maximum Gasteiger partial charge on any atom is 0.199 e. The maximum atomic E-state index is 6.29. The molecule has 0 saturated carbocycles. The predicted molar refractivity (Wildman–Crippen MR) is 111 cm³/mol. The summed E-state index contributed by atoms with van der Waals surface area (Å²) < 4.78 is 18.4. The van der Waals surface area contributed by atoms with Crippen LogP contribution in [0.1, 0.15) is 31.4 Å². The van der Waals surface area contributed by atoms with E-state index in [1.54, 1.807) is 24.6 Å². The highest BCUT2D eigenvalue weighted by Crippen LogP contribution is 2.44. The number of rotatable bonds is 5. The van der Waals surface area contributed by atoms with Crippen molar-refractivity contribution in [3.63, 3.8) is 0 Å². The van der Waals surface area contributed by atoms with Gasteiger partial charge >= 0.3 is 0 Å². The summed E-state index contributed by atoms with van der Waals surface area (Å²) in [5.41, 5.74) is 1.41. The van der Waals surface area contributed by atoms with Crippen molar-refractivity contribution in [2.75, 3.05) is 6.61 Å². The van der Waals surface area contributed by atoms with Crippen molar-refractivity contribution in [2.45, 2.75) is 44.7 Å². The van der Waals surface area contributed by atoms with Gasteiger partial charge in [0.2, 0.25) is 0 Å². The fraction of sp³-hybridized carbons (Fsp3) is 0.364. The average molecular weight is 399 g/mol. The molecule has 0 aliphatic carbocycles. The van der Waals surface area contributed by atoms with E-state index in [0.29, 0.717) is 18.1 Å². The largest absolute Gasteiger partial charge is 0.457 e. The molecule has 28 heavy (non-hydrogen) atoms. The number of benzene rings is 2. The number of nitrogens with zero attached hydrogens (tertiary/aromatic N) is 2. The van der Waals surface area contributed by atoms with Crippen molar-refractivity contribution in [3.05, 3.63) is 58.6 Å². The van der Waals surface area contributed by atoms with Crippen LogP contribution in [-0.4, -0.2) is 30.8 Å². The molecule has 146 valence electrons. The van der Waals surface area contributed by atoms with Crippen LogP contribution in [0.4, 0.5) is 0 Å². The summed E-state index contributed by atoms with van der Waals surface area (Å²) in [5, 5.41) is 0.677. The normalized spacial score (nSPS) is 25.4. The molecular weight excluding hydrogens is 376 g/mol. The SMILES string of the molecule is Cc1cc(Oc2ccc(Cl)cc2)ccc1C1(CC2(C)N=CC=N2)OCC(C)O1. The second-order valence-corrected chi connectivity index (χ2v) is 7.91. The Morgan fingerprint density at radius 3 is 2.39 bits per heavy atom. The molecule has 5 nitrogen and oxygen atoms in total. The minimum atomic E-state index is -0.879. The number of halogens is 1. The molecule has 0 radical (unpaired) electrons. The summed E-state index contributed by atoms with van der Waals surface area (Å²) in [7, 11) is 0. The van der Waals surface area contributed by atoms with E-state index in [1.165, 1.54) is 0 Å². The van der Waals surface area contributed by atoms with Crippen molar-refractivity contribution in [3.8, 4) is 11.5 Å². The van der Waals surface area contributed by atoms with Gasteiger partial charge in [-0.15, -0.1) is 0 Å². The highest BCUT2D eigenvalue weighted by molar-refractivity contribution is 6.30. The number of ether oxygens (including phenoxy) is 3. The first-order valence-electron chi connectivity index (χ1n) is 9.33. The van der Waals surface area contributed by atoms with E-state index in [4.69, 9.17) is 25.8 Å². The molecule has 2 heterocycles. The molecule has 2 unspecified atom stereocenters. The predicted octanol–water partition coefficient (Wildman–Crippen LogP) is 5.29. The Bertz CT molecular complexity index is 914. The topological polar surface area (TPSA) is 52.4 Å². The molecule has 2 atom stereocenters. The van der Waals surface area contributed by atoms with E-state index in [2.05, 4.69) is 9.98 Å². The van der Waals surface area contributed by atoms with Gasteiger partial charge in [-0.2, -0.15) is 0 Å². The van der Waals surface area contributed by atoms with Crippen LogP contribution in [0.25, 0.3) is 0 Å². The molecule has 4 rings (SSSR count). The lowest BCUT2D eigenvalue weighted by atomic mass is 9.92. The van der Waals surface area contributed by atoms with Crippen LogP contribution in [0.2, 0.25) is 5.02 Å². The molecule has 6 heteroatoms. The molecular formula is C22H23ClN2O3. The minimum absolute atomic E-state index is 0.00218. The van der Waals surface area contributed by atoms with Crippen LogP contribution >= 0.6 is 11.6 Å². The van der Waals surface area contributed by atoms with Crippen LogP contribution in [0.3, 0.4) is 0 Å². The Kier molecular flexibility index (Phi) is 5.00. The smallest absolute Gasteiger partial charge is 0.199 e. The maximum absolute atomic E-state index is 6.29. The van der Waals surface area contributed by atoms with Gasteiger partial charge < -0.3 is 14.2 Å². The summed E-state index contributed by atoms with van der Waals surface area (Å²) >= 11 is 5.94. The van der Waals surface area contributed by atoms with Gasteiger partial charge in [-0.3, -0.25) is 9.98 Å². The van der Waals surface area contributed by atoms with Gasteiger partial charge in [0.05, 0.1) is 19.1 Å². The number of aryl methyl sites for hydroxylation is 1. The van der Waals surface area contributed by atoms with E-state index < -0.39 is 11.4 Å². The fourth-order valence-electron chi connectivity index (χ4n) is 3.69. The van der Waals surface area contributed by atoms with Gasteiger partial charge in [0.25, 0.3) is 0 Å². The summed E-state index contributed by atoms with van der Waals surface area (Å²) in [6, 6.07) is 13.2. The van der Waals surface area contributed by atoms with Gasteiger partial charge in [-0.05, 0) is 68.8 Å². The van der Waals surface area contributed by atoms with Gasteiger partial charge in [-0.1, -0.05) is 11.6 Å². The average Bonchev–Trinajstić information content (AvgIpc) is 3.23. The van der Waals surface area contributed by atoms with E-state index >= 15 is 0 Å². The van der Waals surface area contributed by atoms with Gasteiger partial charge in [0.1, 0.15) is 11.5 Å². The quantitative estimate of drug-likeness (QED) is 0.687. The zero-order chi connectivity index (χ0) is 19.8. The third-order valence-electron chi connectivity index (χ3n) is 4.94. The highest BCUT2D eigenvalue weighted by Gasteiger charge is 2.48. The Hall–Kier alpha value is -2.21. The molecule has 2 aliphatic rings. The molecule has 0 N–H and O–H groups in total. The number of hydrogen-bond donors (Lipinski definition) is 0. The zero-order valence-electron chi connectivity index (χ0n) is 16.2. The molecule has 1 fully saturated rings. The fourth-order valence-corrected chi connectivity index (χ4v) is 3.82. The molecule has 2 aromatic carbocycles. The third-order valence-corrected chi connectivity index (χ3v) is 5.19. The van der Waals surface area contributed by atoms with Crippen LogP contribution in [0.15, 0.2) is 52.4 Å². The lowest BCUT2D eigenvalue weighted by Crippen LogP contribution is -2.37. The Morgan fingerprint density at radius 1 is 1.11 bits per heavy atom. The summed E-state index contributed by atoms with van der Waals surface area (Å²) in [5.74, 6) is 0.596. The monoisotopic (exact) mass is 398 g/mol. The van der Waals surface area contributed by atoms with Gasteiger partial charge in [-0.25, -0.2) is 0 Å². The van der Waals surface area contributed by atoms with Crippen molar-refractivity contribution in [1.29, 1.82) is 0 Å². The summed E-state index contributed by atoms with van der Waals surface area (Å²) in [6.07, 6.45) is 3.96. The second kappa shape index (κ2) is 7.32. The Balaban J connectivity index is 1.63. The van der Waals surface area contributed by atoms with Crippen LogP contribution < -0.4 is 4.74 Å². The van der Waals surface area contributed by atoms with E-state index in [1.807, 2.05) is 51.1 Å². The molecule has 0 spiro atoms. The van der Waals surface area contributed by atoms with E-state index in [9.17, 15) is 0 Å². The number of aliphatic imine (C=N–C) groups is 2. The second-order valence-electron chi connectivity index (χ2n) is 7.48. The third kappa shape index (κ3) is 3.83. The van der Waals surface area contributed by atoms with Crippen molar-refractivity contribution < 1.29 is 14.2 Å². The van der Waals surface area contributed by atoms with Crippen LogP contribution in [0, 0.1) is 6.92 Å². The molecule has 0 bridgehead atoms. The summed E-state index contributed by atoms with van der Waals surface area (Å²) in [6.45, 7) is 6.56. The van der Waals surface area contributed by atoms with E-state index in [-0.39, 0.29) is 6.10 Å². The van der Waals surface area contributed by atoms with E-state index in [0.717, 1.165) is 22.6 Å². The van der Waals surface area contributed by atoms with Crippen LogP contribution in [-0.2, 0) is 15.3 Å². The lowest BCUT2D eigenvalue weighted by Gasteiger charge is -2.34. The first-order valence-corrected chi connectivity index (χ1v) is 9.71. The van der Waals surface area contributed by atoms with Crippen molar-refractivity contribution in [1.82, 2.24) is 0 Å². The first kappa shape index (κ1) is 19.1. The zero-order valence-corrected chi connectivity index (χ0v) is 16.9. The van der Waals surface area contributed by atoms with Gasteiger partial charge in [0, 0.05) is 23.0 Å². The van der Waals surface area contributed by atoms with Crippen molar-refractivity contribution >= 4 is 24.0 Å². The molecule has 0 amide bonds. The molecule has 2 aliphatic heterocycles. The summed E-state index contributed by atoms with van der Waals surface area (Å²) in [4.78, 5) is 8.99. The highest BCUT2D eigenvalue weighted by atomic mass is 35.5. The molecule has 1 saturated heterocycles. The first-order chi connectivity index (χ1) is 13.4.